The van der Waals surface area contributed by atoms with Crippen molar-refractivity contribution >= 4 is 27.5 Å². The van der Waals surface area contributed by atoms with Crippen LogP contribution in [-0.4, -0.2) is 40.5 Å². The van der Waals surface area contributed by atoms with Crippen LogP contribution in [0.25, 0.3) is 0 Å². The molecule has 5 rings (SSSR count). The van der Waals surface area contributed by atoms with Crippen molar-refractivity contribution in [3.63, 3.8) is 0 Å². The molecule has 2 N–H and O–H groups in total. The van der Waals surface area contributed by atoms with Crippen molar-refractivity contribution in [2.75, 3.05) is 17.2 Å². The zero-order valence-electron chi connectivity index (χ0n) is 16.6. The second kappa shape index (κ2) is 7.33. The third-order valence-corrected chi connectivity index (χ3v) is 8.10. The summed E-state index contributed by atoms with van der Waals surface area (Å²) in [5, 5.41) is 5.57. The predicted octanol–water partition coefficient (Wildman–Crippen LogP) is 3.66. The van der Waals surface area contributed by atoms with Crippen LogP contribution in [-0.2, 0) is 29.2 Å². The van der Waals surface area contributed by atoms with E-state index in [0.29, 0.717) is 25.2 Å². The molecule has 31 heavy (non-hydrogen) atoms. The maximum absolute atomic E-state index is 13.2. The van der Waals surface area contributed by atoms with Gasteiger partial charge in [-0.15, -0.1) is 0 Å². The molecule has 1 aliphatic heterocycles. The third-order valence-electron chi connectivity index (χ3n) is 5.76. The number of aromatic nitrogens is 2. The summed E-state index contributed by atoms with van der Waals surface area (Å²) in [7, 11) is -3.22. The lowest BCUT2D eigenvalue weighted by molar-refractivity contribution is -0.137. The SMILES string of the molecule is O=S(=O)(C1CC1)N1CCc2cc(Nc3ncc(C(F)(F)F)c(NC4CC4)n3)ccc2C1. The van der Waals surface area contributed by atoms with Gasteiger partial charge < -0.3 is 10.6 Å². The van der Waals surface area contributed by atoms with Crippen LogP contribution in [0.2, 0.25) is 0 Å². The highest BCUT2D eigenvalue weighted by molar-refractivity contribution is 7.90. The van der Waals surface area contributed by atoms with Crippen LogP contribution in [0.5, 0.6) is 0 Å². The number of benzene rings is 1. The summed E-state index contributed by atoms with van der Waals surface area (Å²) in [5.41, 5.74) is 1.71. The minimum absolute atomic E-state index is 0.0162. The molecule has 2 aliphatic carbocycles. The van der Waals surface area contributed by atoms with E-state index >= 15 is 0 Å². The van der Waals surface area contributed by atoms with Gasteiger partial charge in [0.25, 0.3) is 0 Å². The number of sulfonamides is 1. The molecule has 3 aliphatic rings. The summed E-state index contributed by atoms with van der Waals surface area (Å²) in [6.07, 6.45) is -0.0459. The summed E-state index contributed by atoms with van der Waals surface area (Å²) in [5.74, 6) is -0.142. The second-order valence-electron chi connectivity index (χ2n) is 8.31. The van der Waals surface area contributed by atoms with Crippen molar-refractivity contribution in [1.82, 2.24) is 14.3 Å². The lowest BCUT2D eigenvalue weighted by atomic mass is 10.0. The summed E-state index contributed by atoms with van der Waals surface area (Å²) in [6.45, 7) is 0.780. The van der Waals surface area contributed by atoms with Gasteiger partial charge in [-0.3, -0.25) is 0 Å². The van der Waals surface area contributed by atoms with Crippen LogP contribution in [0.4, 0.5) is 30.6 Å². The molecule has 7 nitrogen and oxygen atoms in total. The van der Waals surface area contributed by atoms with Gasteiger partial charge in [0, 0.05) is 31.0 Å². The second-order valence-corrected chi connectivity index (χ2v) is 10.5. The predicted molar refractivity (Wildman–Crippen MR) is 109 cm³/mol. The van der Waals surface area contributed by atoms with E-state index in [1.807, 2.05) is 12.1 Å². The molecule has 2 fully saturated rings. The number of fused-ring (bicyclic) bond motifs is 1. The zero-order chi connectivity index (χ0) is 21.8. The van der Waals surface area contributed by atoms with E-state index in [4.69, 9.17) is 0 Å². The van der Waals surface area contributed by atoms with Gasteiger partial charge in [-0.25, -0.2) is 13.4 Å². The van der Waals surface area contributed by atoms with Gasteiger partial charge >= 0.3 is 6.18 Å². The summed E-state index contributed by atoms with van der Waals surface area (Å²) in [6, 6.07) is 5.51. The van der Waals surface area contributed by atoms with E-state index in [2.05, 4.69) is 20.6 Å². The Morgan fingerprint density at radius 1 is 1.10 bits per heavy atom. The van der Waals surface area contributed by atoms with Crippen molar-refractivity contribution in [3.8, 4) is 0 Å². The van der Waals surface area contributed by atoms with Crippen LogP contribution in [0.15, 0.2) is 24.4 Å². The first-order valence-corrected chi connectivity index (χ1v) is 11.8. The Morgan fingerprint density at radius 3 is 2.55 bits per heavy atom. The minimum atomic E-state index is -4.53. The lowest BCUT2D eigenvalue weighted by Gasteiger charge is -2.28. The van der Waals surface area contributed by atoms with E-state index in [0.717, 1.165) is 43.0 Å². The number of nitrogens with zero attached hydrogens (tertiary/aromatic N) is 3. The Kier molecular flexibility index (Phi) is 4.85. The van der Waals surface area contributed by atoms with Crippen molar-refractivity contribution in [3.05, 3.63) is 41.1 Å². The Morgan fingerprint density at radius 2 is 1.87 bits per heavy atom. The van der Waals surface area contributed by atoms with Gasteiger partial charge in [-0.1, -0.05) is 6.07 Å². The van der Waals surface area contributed by atoms with E-state index in [9.17, 15) is 21.6 Å². The molecular formula is C20H22F3N5O2S. The average Bonchev–Trinajstić information content (AvgIpc) is 3.60. The summed E-state index contributed by atoms with van der Waals surface area (Å²) < 4.78 is 66.3. The first kappa shape index (κ1) is 20.5. The number of hydrogen-bond donors (Lipinski definition) is 2. The minimum Gasteiger partial charge on any atom is -0.367 e. The Labute approximate surface area is 178 Å². The number of alkyl halides is 3. The maximum atomic E-state index is 13.2. The monoisotopic (exact) mass is 453 g/mol. The number of nitrogens with one attached hydrogen (secondary N) is 2. The molecule has 1 aromatic heterocycles. The first-order chi connectivity index (χ1) is 14.7. The highest BCUT2D eigenvalue weighted by Crippen LogP contribution is 2.37. The fourth-order valence-corrected chi connectivity index (χ4v) is 5.53. The molecule has 0 radical (unpaired) electrons. The number of hydrogen-bond acceptors (Lipinski definition) is 6. The fraction of sp³-hybridized carbons (Fsp3) is 0.500. The van der Waals surface area contributed by atoms with E-state index < -0.39 is 21.8 Å². The molecule has 0 unspecified atom stereocenters. The molecule has 0 atom stereocenters. The quantitative estimate of drug-likeness (QED) is 0.694. The molecule has 0 saturated heterocycles. The molecule has 2 saturated carbocycles. The molecule has 0 spiro atoms. The maximum Gasteiger partial charge on any atom is 0.421 e. The fourth-order valence-electron chi connectivity index (χ4n) is 3.71. The highest BCUT2D eigenvalue weighted by atomic mass is 32.2. The van der Waals surface area contributed by atoms with E-state index in [1.54, 1.807) is 10.4 Å². The average molecular weight is 453 g/mol. The topological polar surface area (TPSA) is 87.2 Å². The molecule has 166 valence electrons. The molecule has 1 aromatic carbocycles. The largest absolute Gasteiger partial charge is 0.421 e. The van der Waals surface area contributed by atoms with Crippen molar-refractivity contribution < 1.29 is 21.6 Å². The third kappa shape index (κ3) is 4.33. The van der Waals surface area contributed by atoms with Crippen LogP contribution in [0.1, 0.15) is 42.4 Å². The first-order valence-electron chi connectivity index (χ1n) is 10.3. The Bertz CT molecular complexity index is 1110. The van der Waals surface area contributed by atoms with Gasteiger partial charge in [-0.2, -0.15) is 22.5 Å². The van der Waals surface area contributed by atoms with Crippen LogP contribution in [0, 0.1) is 0 Å². The summed E-state index contributed by atoms with van der Waals surface area (Å²) >= 11 is 0. The number of rotatable bonds is 6. The molecule has 2 heterocycles. The molecule has 0 bridgehead atoms. The molecule has 11 heteroatoms. The van der Waals surface area contributed by atoms with Gasteiger partial charge in [-0.05, 0) is 55.4 Å². The van der Waals surface area contributed by atoms with Crippen LogP contribution in [0.3, 0.4) is 0 Å². The van der Waals surface area contributed by atoms with Crippen LogP contribution < -0.4 is 10.6 Å². The van der Waals surface area contributed by atoms with Gasteiger partial charge in [0.2, 0.25) is 16.0 Å². The lowest BCUT2D eigenvalue weighted by Crippen LogP contribution is -2.38. The molecule has 2 aromatic rings. The van der Waals surface area contributed by atoms with Crippen LogP contribution >= 0.6 is 0 Å². The number of anilines is 3. The van der Waals surface area contributed by atoms with E-state index in [1.165, 1.54) is 0 Å². The standard InChI is InChI=1S/C20H22F3N5O2S/c21-20(22,23)17-10-24-19(27-18(17)25-14-3-4-14)26-15-2-1-13-11-28(8-7-12(13)9-15)31(29,30)16-5-6-16/h1-2,9-10,14,16H,3-8,11H2,(H2,24,25,26,27). The van der Waals surface area contributed by atoms with Gasteiger partial charge in [0.1, 0.15) is 11.4 Å². The molecular weight excluding hydrogens is 431 g/mol. The normalized spacial score (nSPS) is 19.7. The van der Waals surface area contributed by atoms with Crippen molar-refractivity contribution in [2.24, 2.45) is 0 Å². The highest BCUT2D eigenvalue weighted by Gasteiger charge is 2.41. The molecule has 0 amide bonds. The zero-order valence-corrected chi connectivity index (χ0v) is 17.4. The summed E-state index contributed by atoms with van der Waals surface area (Å²) in [4.78, 5) is 7.90. The van der Waals surface area contributed by atoms with Gasteiger partial charge in [0.05, 0.1) is 5.25 Å². The smallest absolute Gasteiger partial charge is 0.367 e. The Balaban J connectivity index is 1.34. The van der Waals surface area contributed by atoms with Crippen molar-refractivity contribution in [2.45, 2.75) is 56.1 Å². The van der Waals surface area contributed by atoms with Gasteiger partial charge in [0.15, 0.2) is 0 Å². The van der Waals surface area contributed by atoms with Crippen molar-refractivity contribution in [1.29, 1.82) is 0 Å². The number of halogens is 3. The van der Waals surface area contributed by atoms with E-state index in [-0.39, 0.29) is 23.1 Å². The Hall–Kier alpha value is -2.40.